The van der Waals surface area contributed by atoms with Crippen LogP contribution in [0.5, 0.6) is 0 Å². The van der Waals surface area contributed by atoms with Crippen molar-refractivity contribution in [2.24, 2.45) is 0 Å². The molecule has 0 unspecified atom stereocenters. The van der Waals surface area contributed by atoms with E-state index >= 15 is 0 Å². The van der Waals surface area contributed by atoms with E-state index in [1.165, 1.54) is 6.07 Å². The molecule has 0 saturated heterocycles. The number of hydrogen-bond donors (Lipinski definition) is 1. The van der Waals surface area contributed by atoms with Crippen molar-refractivity contribution >= 4 is 44.5 Å². The van der Waals surface area contributed by atoms with Gasteiger partial charge in [0.15, 0.2) is 0 Å². The minimum atomic E-state index is -0.948. The number of para-hydroxylation sites is 1. The lowest BCUT2D eigenvalue weighted by atomic mass is 9.92. The van der Waals surface area contributed by atoms with Crippen LogP contribution >= 0.6 is 15.9 Å². The fourth-order valence-corrected chi connectivity index (χ4v) is 4.05. The number of pyridine rings is 1. The summed E-state index contributed by atoms with van der Waals surface area (Å²) in [6.07, 6.45) is 1.96. The molecule has 0 saturated carbocycles. The summed E-state index contributed by atoms with van der Waals surface area (Å²) >= 11 is 3.22. The largest absolute Gasteiger partial charge is 0.478 e. The van der Waals surface area contributed by atoms with Gasteiger partial charge in [0.1, 0.15) is 5.82 Å². The molecule has 3 aromatic rings. The molecule has 0 bridgehead atoms. The highest BCUT2D eigenvalue weighted by molar-refractivity contribution is 9.10. The molecule has 4 nitrogen and oxygen atoms in total. The van der Waals surface area contributed by atoms with E-state index in [1.807, 2.05) is 31.2 Å². The van der Waals surface area contributed by atoms with E-state index in [9.17, 15) is 14.3 Å². The molecule has 2 heterocycles. The number of rotatable bonds is 3. The standard InChI is InChI=1S/C22H18BrFN2O2/c1-2-26-11-14(9-13-7-8-18(24)17(23)10-13)21-16(12-26)20(22(27)28)15-5-3-4-6-19(15)25-21/h3-10H,2,11-12H2,1H3,(H,27,28)/b14-9+. The normalized spacial score (nSPS) is 15.8. The van der Waals surface area contributed by atoms with Gasteiger partial charge in [0.2, 0.25) is 0 Å². The molecular weight excluding hydrogens is 423 g/mol. The average molecular weight is 441 g/mol. The lowest BCUT2D eigenvalue weighted by Gasteiger charge is -2.30. The van der Waals surface area contributed by atoms with Gasteiger partial charge in [-0.25, -0.2) is 14.2 Å². The highest BCUT2D eigenvalue weighted by atomic mass is 79.9. The molecule has 1 aromatic heterocycles. The van der Waals surface area contributed by atoms with Gasteiger partial charge >= 0.3 is 5.97 Å². The average Bonchev–Trinajstić information content (AvgIpc) is 2.68. The smallest absolute Gasteiger partial charge is 0.336 e. The van der Waals surface area contributed by atoms with Gasteiger partial charge in [-0.2, -0.15) is 0 Å². The zero-order valence-corrected chi connectivity index (χ0v) is 16.8. The van der Waals surface area contributed by atoms with Gasteiger partial charge in [0.05, 0.1) is 21.2 Å². The van der Waals surface area contributed by atoms with Crippen LogP contribution in [0.25, 0.3) is 22.6 Å². The second kappa shape index (κ2) is 7.45. The molecule has 0 radical (unpaired) electrons. The number of likely N-dealkylation sites (N-methyl/N-ethyl adjacent to an activating group) is 1. The lowest BCUT2D eigenvalue weighted by Crippen LogP contribution is -2.31. The molecule has 0 atom stereocenters. The summed E-state index contributed by atoms with van der Waals surface area (Å²) in [5.74, 6) is -1.27. The monoisotopic (exact) mass is 440 g/mol. The van der Waals surface area contributed by atoms with E-state index in [0.29, 0.717) is 39.7 Å². The Bertz CT molecular complexity index is 1130. The number of aromatic carboxylic acids is 1. The predicted molar refractivity (Wildman–Crippen MR) is 112 cm³/mol. The van der Waals surface area contributed by atoms with Gasteiger partial charge in [0.25, 0.3) is 0 Å². The lowest BCUT2D eigenvalue weighted by molar-refractivity contribution is 0.0696. The maximum atomic E-state index is 13.6. The molecule has 142 valence electrons. The van der Waals surface area contributed by atoms with Crippen LogP contribution in [0.1, 0.15) is 34.1 Å². The summed E-state index contributed by atoms with van der Waals surface area (Å²) in [5, 5.41) is 10.6. The Labute approximate surface area is 170 Å². The molecule has 2 aromatic carbocycles. The van der Waals surface area contributed by atoms with Crippen molar-refractivity contribution < 1.29 is 14.3 Å². The highest BCUT2D eigenvalue weighted by Gasteiger charge is 2.27. The van der Waals surface area contributed by atoms with Crippen LogP contribution in [0.4, 0.5) is 4.39 Å². The van der Waals surface area contributed by atoms with E-state index in [1.54, 1.807) is 18.2 Å². The van der Waals surface area contributed by atoms with Crippen LogP contribution in [0.3, 0.4) is 0 Å². The van der Waals surface area contributed by atoms with Crippen LogP contribution in [0.15, 0.2) is 46.9 Å². The molecule has 0 spiro atoms. The molecule has 6 heteroatoms. The quantitative estimate of drug-likeness (QED) is 0.607. The van der Waals surface area contributed by atoms with Gasteiger partial charge < -0.3 is 5.11 Å². The van der Waals surface area contributed by atoms with Crippen molar-refractivity contribution in [3.8, 4) is 0 Å². The van der Waals surface area contributed by atoms with Gasteiger partial charge in [-0.15, -0.1) is 0 Å². The minimum Gasteiger partial charge on any atom is -0.478 e. The number of nitrogens with zero attached hydrogens (tertiary/aromatic N) is 2. The van der Waals surface area contributed by atoms with E-state index in [4.69, 9.17) is 4.98 Å². The first-order valence-corrected chi connectivity index (χ1v) is 9.80. The fraction of sp³-hybridized carbons (Fsp3) is 0.182. The topological polar surface area (TPSA) is 53.4 Å². The Morgan fingerprint density at radius 1 is 1.29 bits per heavy atom. The van der Waals surface area contributed by atoms with Crippen LogP contribution < -0.4 is 0 Å². The third-order valence-corrected chi connectivity index (χ3v) is 5.63. The first kappa shape index (κ1) is 18.8. The first-order chi connectivity index (χ1) is 13.5. The molecule has 1 aliphatic heterocycles. The zero-order valence-electron chi connectivity index (χ0n) is 15.2. The van der Waals surface area contributed by atoms with E-state index < -0.39 is 5.97 Å². The third-order valence-electron chi connectivity index (χ3n) is 5.02. The summed E-state index contributed by atoms with van der Waals surface area (Å²) in [5.41, 5.74) is 4.17. The predicted octanol–water partition coefficient (Wildman–Crippen LogP) is 5.21. The number of hydrogen-bond acceptors (Lipinski definition) is 3. The summed E-state index contributed by atoms with van der Waals surface area (Å²) in [6, 6.07) is 12.2. The molecule has 1 aliphatic rings. The zero-order chi connectivity index (χ0) is 19.8. The Morgan fingerprint density at radius 2 is 2.07 bits per heavy atom. The van der Waals surface area contributed by atoms with Crippen LogP contribution in [0.2, 0.25) is 0 Å². The van der Waals surface area contributed by atoms with Crippen molar-refractivity contribution in [3.63, 3.8) is 0 Å². The molecule has 0 amide bonds. The Hall–Kier alpha value is -2.57. The highest BCUT2D eigenvalue weighted by Crippen LogP contribution is 2.34. The number of benzene rings is 2. The molecule has 28 heavy (non-hydrogen) atoms. The van der Waals surface area contributed by atoms with Crippen LogP contribution in [-0.4, -0.2) is 34.0 Å². The molecule has 1 N–H and O–H groups in total. The molecule has 0 fully saturated rings. The number of carbonyl (C=O) groups is 1. The van der Waals surface area contributed by atoms with Gasteiger partial charge in [-0.3, -0.25) is 4.90 Å². The SMILES string of the molecule is CCN1C/C(=C\c2ccc(F)c(Br)c2)c2nc3ccccc3c(C(=O)O)c2C1. The van der Waals surface area contributed by atoms with Crippen molar-refractivity contribution in [1.82, 2.24) is 9.88 Å². The Morgan fingerprint density at radius 3 is 2.79 bits per heavy atom. The van der Waals surface area contributed by atoms with Crippen molar-refractivity contribution in [2.75, 3.05) is 13.1 Å². The van der Waals surface area contributed by atoms with Crippen molar-refractivity contribution in [3.05, 3.63) is 75.1 Å². The summed E-state index contributed by atoms with van der Waals surface area (Å²) in [4.78, 5) is 19.1. The van der Waals surface area contributed by atoms with Crippen LogP contribution in [0, 0.1) is 5.82 Å². The molecule has 4 rings (SSSR count). The number of fused-ring (bicyclic) bond motifs is 2. The summed E-state index contributed by atoms with van der Waals surface area (Å²) in [7, 11) is 0. The fourth-order valence-electron chi connectivity index (χ4n) is 3.65. The second-order valence-electron chi connectivity index (χ2n) is 6.78. The van der Waals surface area contributed by atoms with E-state index in [-0.39, 0.29) is 5.82 Å². The molecule has 0 aliphatic carbocycles. The van der Waals surface area contributed by atoms with Crippen molar-refractivity contribution in [1.29, 1.82) is 0 Å². The van der Waals surface area contributed by atoms with Crippen molar-refractivity contribution in [2.45, 2.75) is 13.5 Å². The maximum absolute atomic E-state index is 13.6. The molecular formula is C22H18BrFN2O2. The summed E-state index contributed by atoms with van der Waals surface area (Å²) < 4.78 is 14.0. The first-order valence-electron chi connectivity index (χ1n) is 9.01. The van der Waals surface area contributed by atoms with Gasteiger partial charge in [-0.1, -0.05) is 31.2 Å². The number of halogens is 2. The number of carboxylic acids is 1. The third kappa shape index (κ3) is 3.34. The Balaban J connectivity index is 1.97. The van der Waals surface area contributed by atoms with Crippen LogP contribution in [-0.2, 0) is 6.54 Å². The Kier molecular flexibility index (Phi) is 5.00. The minimum absolute atomic E-state index is 0.310. The number of aromatic nitrogens is 1. The van der Waals surface area contributed by atoms with E-state index in [0.717, 1.165) is 23.2 Å². The maximum Gasteiger partial charge on any atom is 0.336 e. The van der Waals surface area contributed by atoms with E-state index in [2.05, 4.69) is 20.8 Å². The van der Waals surface area contributed by atoms with Gasteiger partial charge in [0, 0.05) is 24.0 Å². The summed E-state index contributed by atoms with van der Waals surface area (Å²) in [6.45, 7) is 4.03. The number of carboxylic acid groups (broad SMARTS) is 1. The van der Waals surface area contributed by atoms with Gasteiger partial charge in [-0.05, 0) is 57.9 Å². The second-order valence-corrected chi connectivity index (χ2v) is 7.64.